The standard InChI is InChI=1S/C64H49BN4/c1-63(2,3)42-26-32-52-47(36-42)56-44(38-18-10-7-11-19-38)28-30-49-60(56)68(52)54-34-41(62-66-51-25-17-16-24-46(51)59(67-62)40-22-14-9-15-23-40)35-55-58(54)65(49)50-31-29-45(39-20-12-8-13-21-39)57-48-37-43(64(4,5)6)27-33-53(48)69(55)61(50)57/h7-37H,1-6H3. The minimum Gasteiger partial charge on any atom is -0.310 e. The third-order valence-electron chi connectivity index (χ3n) is 15.2. The molecule has 0 saturated heterocycles. The fraction of sp³-hybridized carbons (Fsp3) is 0.125. The molecule has 5 heterocycles. The molecule has 0 atom stereocenters. The van der Waals surface area contributed by atoms with E-state index in [1.54, 1.807) is 0 Å². The number of hydrogen-bond acceptors (Lipinski definition) is 2. The summed E-state index contributed by atoms with van der Waals surface area (Å²) in [4.78, 5) is 11.0. The topological polar surface area (TPSA) is 35.6 Å². The van der Waals surface area contributed by atoms with Gasteiger partial charge in [-0.3, -0.25) is 0 Å². The van der Waals surface area contributed by atoms with Crippen molar-refractivity contribution in [1.29, 1.82) is 0 Å². The Morgan fingerprint density at radius 1 is 0.406 bits per heavy atom. The Balaban J connectivity index is 1.18. The van der Waals surface area contributed by atoms with Crippen molar-refractivity contribution in [3.63, 3.8) is 0 Å². The van der Waals surface area contributed by atoms with Crippen molar-refractivity contribution >= 4 is 77.6 Å². The van der Waals surface area contributed by atoms with Crippen molar-refractivity contribution in [2.24, 2.45) is 0 Å². The molecule has 12 aromatic rings. The molecule has 0 amide bonds. The summed E-state index contributed by atoms with van der Waals surface area (Å²) in [5, 5.41) is 6.17. The zero-order chi connectivity index (χ0) is 46.5. The molecule has 2 aliphatic heterocycles. The summed E-state index contributed by atoms with van der Waals surface area (Å²) >= 11 is 0. The third kappa shape index (κ3) is 5.77. The molecule has 0 N–H and O–H groups in total. The van der Waals surface area contributed by atoms with E-state index in [0.717, 1.165) is 27.7 Å². The normalized spacial score (nSPS) is 13.0. The Morgan fingerprint density at radius 3 is 1.36 bits per heavy atom. The molecule has 9 aromatic carbocycles. The van der Waals surface area contributed by atoms with Crippen LogP contribution in [0.3, 0.4) is 0 Å². The van der Waals surface area contributed by atoms with Crippen LogP contribution in [-0.4, -0.2) is 25.8 Å². The quantitative estimate of drug-likeness (QED) is 0.165. The van der Waals surface area contributed by atoms with Crippen molar-refractivity contribution in [2.45, 2.75) is 52.4 Å². The molecular formula is C64H49BN4. The number of aromatic nitrogens is 4. The fourth-order valence-electron chi connectivity index (χ4n) is 11.9. The first-order valence-corrected chi connectivity index (χ1v) is 24.4. The minimum absolute atomic E-state index is 0.0373. The Hall–Kier alpha value is -8.02. The second-order valence-electron chi connectivity index (χ2n) is 21.4. The lowest BCUT2D eigenvalue weighted by Gasteiger charge is -2.34. The molecular weight excluding hydrogens is 836 g/mol. The van der Waals surface area contributed by atoms with E-state index in [-0.39, 0.29) is 17.5 Å². The summed E-state index contributed by atoms with van der Waals surface area (Å²) in [6.07, 6.45) is 0. The van der Waals surface area contributed by atoms with E-state index in [2.05, 4.69) is 239 Å². The number of rotatable bonds is 4. The highest BCUT2D eigenvalue weighted by atomic mass is 15.0. The van der Waals surface area contributed by atoms with Gasteiger partial charge in [0, 0.05) is 60.5 Å². The first-order valence-electron chi connectivity index (χ1n) is 24.4. The molecule has 0 radical (unpaired) electrons. The van der Waals surface area contributed by atoms with Gasteiger partial charge < -0.3 is 9.13 Å². The highest BCUT2D eigenvalue weighted by Gasteiger charge is 2.42. The van der Waals surface area contributed by atoms with Crippen molar-refractivity contribution in [3.8, 4) is 56.3 Å². The van der Waals surface area contributed by atoms with Gasteiger partial charge >= 0.3 is 0 Å². The van der Waals surface area contributed by atoms with E-state index >= 15 is 0 Å². The maximum Gasteiger partial charge on any atom is 0.252 e. The summed E-state index contributed by atoms with van der Waals surface area (Å²) in [5.41, 5.74) is 22.7. The molecule has 2 aliphatic rings. The molecule has 0 unspecified atom stereocenters. The monoisotopic (exact) mass is 884 g/mol. The van der Waals surface area contributed by atoms with Gasteiger partial charge in [0.25, 0.3) is 6.71 Å². The minimum atomic E-state index is -0.0427. The maximum absolute atomic E-state index is 5.54. The summed E-state index contributed by atoms with van der Waals surface area (Å²) in [6, 6.07) is 69.9. The van der Waals surface area contributed by atoms with Crippen LogP contribution >= 0.6 is 0 Å². The van der Waals surface area contributed by atoms with Crippen molar-refractivity contribution in [3.05, 3.63) is 199 Å². The second-order valence-corrected chi connectivity index (χ2v) is 21.4. The molecule has 0 aliphatic carbocycles. The second kappa shape index (κ2) is 14.3. The van der Waals surface area contributed by atoms with E-state index in [9.17, 15) is 0 Å². The van der Waals surface area contributed by atoms with Gasteiger partial charge in [0.2, 0.25) is 0 Å². The van der Waals surface area contributed by atoms with Crippen LogP contribution in [0.25, 0.3) is 111 Å². The molecule has 0 spiro atoms. The van der Waals surface area contributed by atoms with Gasteiger partial charge in [-0.25, -0.2) is 9.97 Å². The SMILES string of the molecule is CC(C)(C)c1ccc2c(c1)c1c(-c3ccccc3)ccc3c1n2-c1cc(-c2nc(-c4ccccc4)c4ccccc4n2)cc2c1B3c1ccc(-c3ccccc3)c3c4cc(C(C)(C)C)ccc4n-2c13. The first kappa shape index (κ1) is 40.1. The van der Waals surface area contributed by atoms with E-state index in [0.29, 0.717) is 5.82 Å². The van der Waals surface area contributed by atoms with Gasteiger partial charge in [0.1, 0.15) is 0 Å². The van der Waals surface area contributed by atoms with Crippen LogP contribution in [0.5, 0.6) is 0 Å². The lowest BCUT2D eigenvalue weighted by atomic mass is 9.34. The fourth-order valence-corrected chi connectivity index (χ4v) is 11.9. The predicted molar refractivity (Wildman–Crippen MR) is 292 cm³/mol. The summed E-state index contributed by atoms with van der Waals surface area (Å²) in [5.74, 6) is 0.710. The zero-order valence-corrected chi connectivity index (χ0v) is 39.8. The van der Waals surface area contributed by atoms with Crippen LogP contribution in [0, 0.1) is 0 Å². The van der Waals surface area contributed by atoms with Crippen molar-refractivity contribution in [1.82, 2.24) is 19.1 Å². The van der Waals surface area contributed by atoms with E-state index in [4.69, 9.17) is 9.97 Å². The van der Waals surface area contributed by atoms with Gasteiger partial charge in [-0.05, 0) is 103 Å². The van der Waals surface area contributed by atoms with Gasteiger partial charge in [-0.15, -0.1) is 0 Å². The van der Waals surface area contributed by atoms with Crippen LogP contribution < -0.4 is 16.4 Å². The highest BCUT2D eigenvalue weighted by molar-refractivity contribution is 7.00. The lowest BCUT2D eigenvalue weighted by Crippen LogP contribution is -2.59. The molecule has 0 saturated carbocycles. The molecule has 0 bridgehead atoms. The largest absolute Gasteiger partial charge is 0.310 e. The Morgan fingerprint density at radius 2 is 0.870 bits per heavy atom. The number of benzene rings is 9. The first-order chi connectivity index (χ1) is 33.5. The summed E-state index contributed by atoms with van der Waals surface area (Å²) in [6.45, 7) is 13.9. The molecule has 328 valence electrons. The van der Waals surface area contributed by atoms with E-state index < -0.39 is 0 Å². The number of para-hydroxylation sites is 1. The smallest absolute Gasteiger partial charge is 0.252 e. The molecule has 4 nitrogen and oxygen atoms in total. The van der Waals surface area contributed by atoms with Crippen LogP contribution in [-0.2, 0) is 10.8 Å². The summed E-state index contributed by atoms with van der Waals surface area (Å²) < 4.78 is 5.20. The Bertz CT molecular complexity index is 3930. The van der Waals surface area contributed by atoms with Crippen molar-refractivity contribution in [2.75, 3.05) is 0 Å². The zero-order valence-electron chi connectivity index (χ0n) is 39.8. The maximum atomic E-state index is 5.54. The van der Waals surface area contributed by atoms with Gasteiger partial charge in [0.15, 0.2) is 5.82 Å². The Labute approximate surface area is 402 Å². The summed E-state index contributed by atoms with van der Waals surface area (Å²) in [7, 11) is 0. The Kier molecular flexibility index (Phi) is 8.28. The van der Waals surface area contributed by atoms with E-state index in [1.807, 2.05) is 0 Å². The van der Waals surface area contributed by atoms with Crippen LogP contribution in [0.15, 0.2) is 188 Å². The van der Waals surface area contributed by atoms with Crippen LogP contribution in [0.4, 0.5) is 0 Å². The third-order valence-corrected chi connectivity index (χ3v) is 15.2. The van der Waals surface area contributed by atoms with Gasteiger partial charge in [0.05, 0.1) is 22.2 Å². The van der Waals surface area contributed by atoms with Crippen molar-refractivity contribution < 1.29 is 0 Å². The number of hydrogen-bond donors (Lipinski definition) is 0. The molecule has 69 heavy (non-hydrogen) atoms. The number of fused-ring (bicyclic) bond motifs is 11. The molecule has 0 fully saturated rings. The predicted octanol–water partition coefficient (Wildman–Crippen LogP) is 14.2. The van der Waals surface area contributed by atoms with Gasteiger partial charge in [-0.2, -0.15) is 0 Å². The average Bonchev–Trinajstić information content (AvgIpc) is 3.90. The highest BCUT2D eigenvalue weighted by Crippen LogP contribution is 2.46. The average molecular weight is 885 g/mol. The van der Waals surface area contributed by atoms with Crippen LogP contribution in [0.2, 0.25) is 0 Å². The molecule has 14 rings (SSSR count). The van der Waals surface area contributed by atoms with Gasteiger partial charge in [-0.1, -0.05) is 187 Å². The number of nitrogens with zero attached hydrogens (tertiary/aromatic N) is 4. The van der Waals surface area contributed by atoms with Crippen LogP contribution in [0.1, 0.15) is 52.7 Å². The molecule has 5 heteroatoms. The van der Waals surface area contributed by atoms with E-state index in [1.165, 1.54) is 105 Å². The molecule has 3 aromatic heterocycles. The lowest BCUT2D eigenvalue weighted by molar-refractivity contribution is 0.591.